The number of hydrogen-bond donors (Lipinski definition) is 0. The average molecular weight is 613 g/mol. The van der Waals surface area contributed by atoms with Gasteiger partial charge in [-0.05, 0) is 58.7 Å². The molecule has 0 spiro atoms. The molecule has 0 bridgehead atoms. The van der Waals surface area contributed by atoms with Crippen LogP contribution >= 0.6 is 0 Å². The summed E-state index contributed by atoms with van der Waals surface area (Å²) >= 11 is 0. The molecule has 10 rings (SSSR count). The van der Waals surface area contributed by atoms with Crippen molar-refractivity contribution in [3.05, 3.63) is 170 Å². The number of hydrogen-bond acceptors (Lipinski definition) is 2. The van der Waals surface area contributed by atoms with Gasteiger partial charge in [-0.15, -0.1) is 0 Å². The summed E-state index contributed by atoms with van der Waals surface area (Å²) in [7, 11) is 0. The van der Waals surface area contributed by atoms with Gasteiger partial charge in [-0.1, -0.05) is 121 Å². The lowest BCUT2D eigenvalue weighted by Crippen LogP contribution is -1.99. The number of benzene rings is 6. The summed E-state index contributed by atoms with van der Waals surface area (Å²) < 4.78 is 4.72. The molecule has 0 aliphatic carbocycles. The van der Waals surface area contributed by atoms with E-state index in [2.05, 4.69) is 167 Å². The molecule has 0 unspecified atom stereocenters. The summed E-state index contributed by atoms with van der Waals surface area (Å²) in [6.45, 7) is 0. The zero-order chi connectivity index (χ0) is 31.6. The minimum absolute atomic E-state index is 0.881. The van der Waals surface area contributed by atoms with E-state index in [1.165, 1.54) is 22.3 Å². The molecular formula is C44H28N4. The summed E-state index contributed by atoms with van der Waals surface area (Å²) in [4.78, 5) is 10.4. The van der Waals surface area contributed by atoms with E-state index in [1.54, 1.807) is 0 Å². The molecule has 0 aliphatic rings. The predicted molar refractivity (Wildman–Crippen MR) is 199 cm³/mol. The van der Waals surface area contributed by atoms with Crippen LogP contribution in [0.2, 0.25) is 0 Å². The van der Waals surface area contributed by atoms with Gasteiger partial charge in [0.15, 0.2) is 0 Å². The molecule has 0 N–H and O–H groups in total. The highest BCUT2D eigenvalue weighted by atomic mass is 15.0. The summed E-state index contributed by atoms with van der Waals surface area (Å²) in [6.07, 6.45) is 4.08. The molecule has 6 aromatic carbocycles. The van der Waals surface area contributed by atoms with Crippen molar-refractivity contribution in [2.75, 3.05) is 0 Å². The summed E-state index contributed by atoms with van der Waals surface area (Å²) in [5.41, 5.74) is 13.1. The normalized spacial score (nSPS) is 11.8. The summed E-state index contributed by atoms with van der Waals surface area (Å²) in [6, 6.07) is 55.9. The van der Waals surface area contributed by atoms with Crippen LogP contribution in [0.5, 0.6) is 0 Å². The van der Waals surface area contributed by atoms with Crippen molar-refractivity contribution in [1.29, 1.82) is 0 Å². The van der Waals surface area contributed by atoms with E-state index in [0.717, 1.165) is 66.0 Å². The van der Waals surface area contributed by atoms with Gasteiger partial charge in [0.1, 0.15) is 11.0 Å². The van der Waals surface area contributed by atoms with E-state index in [9.17, 15) is 0 Å². The lowest BCUT2D eigenvalue weighted by molar-refractivity contribution is 1.17. The van der Waals surface area contributed by atoms with Crippen LogP contribution in [0.25, 0.3) is 88.3 Å². The first-order valence-corrected chi connectivity index (χ1v) is 16.3. The fraction of sp³-hybridized carbons (Fsp3) is 0. The Kier molecular flexibility index (Phi) is 5.84. The van der Waals surface area contributed by atoms with Gasteiger partial charge in [-0.3, -0.25) is 9.97 Å². The predicted octanol–water partition coefficient (Wildman–Crippen LogP) is 11.2. The Hall–Kier alpha value is -6.52. The molecule has 224 valence electrons. The molecule has 0 aliphatic heterocycles. The fourth-order valence-electron chi connectivity index (χ4n) is 7.41. The van der Waals surface area contributed by atoms with E-state index in [0.29, 0.717) is 0 Å². The molecule has 4 aromatic heterocycles. The number of rotatable bonds is 4. The minimum atomic E-state index is 0.881. The van der Waals surface area contributed by atoms with Gasteiger partial charge in [-0.2, -0.15) is 0 Å². The first-order valence-electron chi connectivity index (χ1n) is 16.3. The van der Waals surface area contributed by atoms with Crippen molar-refractivity contribution in [1.82, 2.24) is 19.1 Å². The zero-order valence-electron chi connectivity index (χ0n) is 26.0. The van der Waals surface area contributed by atoms with Crippen molar-refractivity contribution in [3.8, 4) is 33.6 Å². The van der Waals surface area contributed by atoms with Crippen LogP contribution in [0, 0.1) is 0 Å². The van der Waals surface area contributed by atoms with Crippen LogP contribution in [-0.2, 0) is 0 Å². The molecule has 4 heterocycles. The van der Waals surface area contributed by atoms with Crippen molar-refractivity contribution in [2.45, 2.75) is 0 Å². The maximum Gasteiger partial charge on any atom is 0.115 e. The lowest BCUT2D eigenvalue weighted by Gasteiger charge is -2.13. The first kappa shape index (κ1) is 26.7. The largest absolute Gasteiger partial charge is 0.307 e. The highest BCUT2D eigenvalue weighted by Gasteiger charge is 2.21. The molecule has 0 fully saturated rings. The molecule has 0 atom stereocenters. The fourth-order valence-corrected chi connectivity index (χ4v) is 7.41. The van der Waals surface area contributed by atoms with Gasteiger partial charge in [0.25, 0.3) is 0 Å². The maximum atomic E-state index is 5.21. The van der Waals surface area contributed by atoms with E-state index >= 15 is 0 Å². The second kappa shape index (κ2) is 10.5. The molecule has 10 aromatic rings. The van der Waals surface area contributed by atoms with E-state index in [4.69, 9.17) is 9.97 Å². The van der Waals surface area contributed by atoms with Crippen LogP contribution in [0.3, 0.4) is 0 Å². The number of aromatic nitrogens is 4. The summed E-state index contributed by atoms with van der Waals surface area (Å²) in [5, 5.41) is 4.49. The Labute approximate surface area is 276 Å². The highest BCUT2D eigenvalue weighted by molar-refractivity contribution is 6.23. The highest BCUT2D eigenvalue weighted by Crippen LogP contribution is 2.40. The monoisotopic (exact) mass is 612 g/mol. The van der Waals surface area contributed by atoms with Gasteiger partial charge >= 0.3 is 0 Å². The number of para-hydroxylation sites is 2. The number of pyridine rings is 2. The summed E-state index contributed by atoms with van der Waals surface area (Å²) in [5.74, 6) is 0. The van der Waals surface area contributed by atoms with Gasteiger partial charge in [-0.25, -0.2) is 0 Å². The van der Waals surface area contributed by atoms with E-state index < -0.39 is 0 Å². The molecule has 0 saturated carbocycles. The third-order valence-electron chi connectivity index (χ3n) is 9.59. The third-order valence-corrected chi connectivity index (χ3v) is 9.59. The molecule has 48 heavy (non-hydrogen) atoms. The zero-order valence-corrected chi connectivity index (χ0v) is 26.0. The molecule has 0 radical (unpaired) electrons. The smallest absolute Gasteiger partial charge is 0.115 e. The molecule has 0 amide bonds. The standard InChI is InChI=1S/C44H28N4/c1-3-12-29(13-4-1)31-22-24-33(25-23-31)47-39-20-9-7-18-35(39)37-27-46-42-41(43(37)47)45-28-38-36-19-8-10-21-40(36)48(44(38)42)34-17-11-16-32(26-34)30-14-5-2-6-15-30/h1-28H. The van der Waals surface area contributed by atoms with Gasteiger partial charge in [0.2, 0.25) is 0 Å². The third kappa shape index (κ3) is 3.96. The Bertz CT molecular complexity index is 2810. The van der Waals surface area contributed by atoms with Crippen molar-refractivity contribution in [2.24, 2.45) is 0 Å². The van der Waals surface area contributed by atoms with Crippen LogP contribution < -0.4 is 0 Å². The molecule has 0 saturated heterocycles. The van der Waals surface area contributed by atoms with Crippen LogP contribution in [0.4, 0.5) is 0 Å². The SMILES string of the molecule is c1ccc(-c2ccc(-n3c4ccccc4c4cnc5c(ncc6c7ccccc7n(-c7cccc(-c8ccccc8)c7)c65)c43)cc2)cc1. The van der Waals surface area contributed by atoms with Crippen molar-refractivity contribution in [3.63, 3.8) is 0 Å². The van der Waals surface area contributed by atoms with E-state index in [-0.39, 0.29) is 0 Å². The maximum absolute atomic E-state index is 5.21. The second-order valence-corrected chi connectivity index (χ2v) is 12.3. The van der Waals surface area contributed by atoms with Crippen LogP contribution in [0.15, 0.2) is 170 Å². The average Bonchev–Trinajstić information content (AvgIpc) is 3.69. The Morgan fingerprint density at radius 2 is 0.792 bits per heavy atom. The van der Waals surface area contributed by atoms with Gasteiger partial charge < -0.3 is 9.13 Å². The van der Waals surface area contributed by atoms with Gasteiger partial charge in [0.05, 0.1) is 22.1 Å². The van der Waals surface area contributed by atoms with Crippen LogP contribution in [0.1, 0.15) is 0 Å². The first-order chi connectivity index (χ1) is 23.8. The second-order valence-electron chi connectivity index (χ2n) is 12.3. The quantitative estimate of drug-likeness (QED) is 0.198. The molecular weight excluding hydrogens is 585 g/mol. The van der Waals surface area contributed by atoms with Crippen molar-refractivity contribution >= 4 is 54.6 Å². The lowest BCUT2D eigenvalue weighted by atomic mass is 10.1. The number of fused-ring (bicyclic) bond motifs is 9. The Morgan fingerprint density at radius 1 is 0.333 bits per heavy atom. The van der Waals surface area contributed by atoms with Crippen molar-refractivity contribution < 1.29 is 0 Å². The molecule has 4 nitrogen and oxygen atoms in total. The topological polar surface area (TPSA) is 35.6 Å². The molecule has 4 heteroatoms. The Morgan fingerprint density at radius 3 is 1.38 bits per heavy atom. The van der Waals surface area contributed by atoms with Gasteiger partial charge in [0, 0.05) is 45.3 Å². The minimum Gasteiger partial charge on any atom is -0.307 e. The van der Waals surface area contributed by atoms with E-state index in [1.807, 2.05) is 12.4 Å². The van der Waals surface area contributed by atoms with Crippen LogP contribution in [-0.4, -0.2) is 19.1 Å². The Balaban J connectivity index is 1.28. The number of nitrogens with zero attached hydrogens (tertiary/aromatic N) is 4.